The highest BCUT2D eigenvalue weighted by Crippen LogP contribution is 2.41. The summed E-state index contributed by atoms with van der Waals surface area (Å²) in [5.74, 6) is 0.503. The van der Waals surface area contributed by atoms with Gasteiger partial charge in [0.05, 0.1) is 27.3 Å². The molecule has 0 aliphatic carbocycles. The van der Waals surface area contributed by atoms with Crippen molar-refractivity contribution >= 4 is 49.4 Å². The number of nitrogens with zero attached hydrogens (tertiary/aromatic N) is 2. The van der Waals surface area contributed by atoms with Gasteiger partial charge in [-0.2, -0.15) is 13.2 Å². The van der Waals surface area contributed by atoms with Gasteiger partial charge >= 0.3 is 11.9 Å². The van der Waals surface area contributed by atoms with Crippen LogP contribution in [-0.2, 0) is 6.18 Å². The minimum Gasteiger partial charge on any atom is -0.494 e. The van der Waals surface area contributed by atoms with E-state index in [0.717, 1.165) is 12.1 Å². The highest BCUT2D eigenvalue weighted by molar-refractivity contribution is 9.11. The maximum Gasteiger partial charge on any atom is 0.416 e. The Balaban J connectivity index is 1.98. The van der Waals surface area contributed by atoms with E-state index in [2.05, 4.69) is 36.9 Å². The molecule has 172 valence electrons. The Labute approximate surface area is 203 Å². The zero-order valence-electron chi connectivity index (χ0n) is 16.9. The van der Waals surface area contributed by atoms with Crippen LogP contribution in [0.4, 0.5) is 24.5 Å². The number of ether oxygens (including phenoxy) is 2. The molecule has 0 saturated carbocycles. The third-order valence-electron chi connectivity index (χ3n) is 4.23. The molecular weight excluding hydrogens is 573 g/mol. The molecule has 0 spiro atoms. The molecule has 0 radical (unpaired) electrons. The van der Waals surface area contributed by atoms with Crippen molar-refractivity contribution in [2.24, 2.45) is 4.99 Å². The average molecular weight is 588 g/mol. The molecule has 0 aromatic heterocycles. The molecule has 0 aliphatic rings. The van der Waals surface area contributed by atoms with Crippen molar-refractivity contribution in [2.45, 2.75) is 13.1 Å². The summed E-state index contributed by atoms with van der Waals surface area (Å²) >= 11 is 6.69. The molecule has 3 rings (SSSR count). The van der Waals surface area contributed by atoms with E-state index >= 15 is 0 Å². The molecular formula is C22H15Br2F3N2O4. The Morgan fingerprint density at radius 2 is 1.79 bits per heavy atom. The third-order valence-corrected chi connectivity index (χ3v) is 5.28. The first-order valence-electron chi connectivity index (χ1n) is 9.38. The second-order valence-corrected chi connectivity index (χ2v) is 8.30. The van der Waals surface area contributed by atoms with Crippen LogP contribution in [-0.4, -0.2) is 17.7 Å². The molecule has 0 bridgehead atoms. The molecule has 33 heavy (non-hydrogen) atoms. The summed E-state index contributed by atoms with van der Waals surface area (Å²) < 4.78 is 51.1. The second kappa shape index (κ2) is 10.3. The van der Waals surface area contributed by atoms with E-state index in [1.807, 2.05) is 6.92 Å². The minimum absolute atomic E-state index is 0.149. The van der Waals surface area contributed by atoms with Crippen molar-refractivity contribution in [1.29, 1.82) is 0 Å². The highest BCUT2D eigenvalue weighted by Gasteiger charge is 2.33. The van der Waals surface area contributed by atoms with Crippen molar-refractivity contribution in [1.82, 2.24) is 0 Å². The van der Waals surface area contributed by atoms with E-state index in [1.165, 1.54) is 6.21 Å². The smallest absolute Gasteiger partial charge is 0.416 e. The quantitative estimate of drug-likeness (QED) is 0.159. The Morgan fingerprint density at radius 1 is 1.09 bits per heavy atom. The third kappa shape index (κ3) is 6.32. The van der Waals surface area contributed by atoms with Crippen molar-refractivity contribution < 1.29 is 27.6 Å². The van der Waals surface area contributed by atoms with Crippen molar-refractivity contribution in [3.8, 4) is 17.2 Å². The van der Waals surface area contributed by atoms with E-state index in [0.29, 0.717) is 38.6 Å². The summed E-state index contributed by atoms with van der Waals surface area (Å²) in [7, 11) is 0. The predicted molar refractivity (Wildman–Crippen MR) is 125 cm³/mol. The van der Waals surface area contributed by atoms with Gasteiger partial charge in [-0.25, -0.2) is 0 Å². The molecule has 0 unspecified atom stereocenters. The van der Waals surface area contributed by atoms with Gasteiger partial charge in [-0.15, -0.1) is 0 Å². The Morgan fingerprint density at radius 3 is 2.39 bits per heavy atom. The van der Waals surface area contributed by atoms with Crippen LogP contribution in [0, 0.1) is 10.1 Å². The van der Waals surface area contributed by atoms with Gasteiger partial charge in [0.1, 0.15) is 5.75 Å². The molecule has 0 fully saturated rings. The lowest BCUT2D eigenvalue weighted by Crippen LogP contribution is -2.06. The van der Waals surface area contributed by atoms with Gasteiger partial charge in [0.15, 0.2) is 5.75 Å². The largest absolute Gasteiger partial charge is 0.494 e. The summed E-state index contributed by atoms with van der Waals surface area (Å²) in [5.41, 5.74) is -0.914. The normalized spacial score (nSPS) is 11.6. The van der Waals surface area contributed by atoms with E-state index in [1.54, 1.807) is 36.4 Å². The first kappa shape index (κ1) is 24.7. The molecule has 11 heteroatoms. The molecule has 0 heterocycles. The van der Waals surface area contributed by atoms with Gasteiger partial charge in [-0.05, 0) is 71.4 Å². The maximum atomic E-state index is 13.0. The Bertz CT molecular complexity index is 1200. The van der Waals surface area contributed by atoms with Crippen molar-refractivity contribution in [3.63, 3.8) is 0 Å². The fourth-order valence-corrected chi connectivity index (χ4v) is 4.09. The summed E-state index contributed by atoms with van der Waals surface area (Å²) in [6.45, 7) is 2.41. The van der Waals surface area contributed by atoms with Gasteiger partial charge in [0, 0.05) is 22.3 Å². The van der Waals surface area contributed by atoms with Crippen molar-refractivity contribution in [3.05, 3.63) is 84.8 Å². The fraction of sp³-hybridized carbons (Fsp3) is 0.136. The van der Waals surface area contributed by atoms with Crippen LogP contribution >= 0.6 is 31.9 Å². The van der Waals surface area contributed by atoms with Gasteiger partial charge in [-0.1, -0.05) is 15.9 Å². The van der Waals surface area contributed by atoms with Crippen LogP contribution in [0.2, 0.25) is 0 Å². The topological polar surface area (TPSA) is 74.0 Å². The van der Waals surface area contributed by atoms with Crippen LogP contribution in [0.15, 0.2) is 68.5 Å². The number of nitro groups is 1. The number of benzene rings is 3. The lowest BCUT2D eigenvalue weighted by molar-refractivity contribution is -0.385. The number of rotatable bonds is 7. The van der Waals surface area contributed by atoms with E-state index in [4.69, 9.17) is 9.47 Å². The summed E-state index contributed by atoms with van der Waals surface area (Å²) in [4.78, 5) is 14.9. The standard InChI is InChI=1S/C22H15Br2F3N2O4/c1-2-32-17-6-4-16(5-7-17)28-12-13-9-15(23)11-18(24)21(13)33-20-8-3-14(22(25,26)27)10-19(20)29(30)31/h3-12H,2H2,1H3. The number of aliphatic imine (C=N–C) groups is 1. The SMILES string of the molecule is CCOc1ccc(N=Cc2cc(Br)cc(Br)c2Oc2ccc(C(F)(F)F)cc2[N+](=O)[O-])cc1. The number of alkyl halides is 3. The van der Waals surface area contributed by atoms with Crippen LogP contribution in [0.25, 0.3) is 0 Å². The first-order chi connectivity index (χ1) is 15.6. The number of hydrogen-bond donors (Lipinski definition) is 0. The van der Waals surface area contributed by atoms with Crippen LogP contribution in [0.1, 0.15) is 18.1 Å². The van der Waals surface area contributed by atoms with E-state index in [-0.39, 0.29) is 11.5 Å². The number of nitro benzene ring substituents is 1. The fourth-order valence-electron chi connectivity index (χ4n) is 2.76. The molecule has 3 aromatic rings. The highest BCUT2D eigenvalue weighted by atomic mass is 79.9. The lowest BCUT2D eigenvalue weighted by atomic mass is 10.1. The molecule has 0 N–H and O–H groups in total. The van der Waals surface area contributed by atoms with Gasteiger partial charge in [-0.3, -0.25) is 15.1 Å². The van der Waals surface area contributed by atoms with Crippen LogP contribution < -0.4 is 9.47 Å². The van der Waals surface area contributed by atoms with Gasteiger partial charge < -0.3 is 9.47 Å². The summed E-state index contributed by atoms with van der Waals surface area (Å²) in [6, 6.07) is 12.4. The zero-order chi connectivity index (χ0) is 24.2. The first-order valence-corrected chi connectivity index (χ1v) is 11.0. The molecule has 0 amide bonds. The zero-order valence-corrected chi connectivity index (χ0v) is 20.1. The Hall–Kier alpha value is -2.92. The average Bonchev–Trinajstić information content (AvgIpc) is 2.74. The monoisotopic (exact) mass is 586 g/mol. The second-order valence-electron chi connectivity index (χ2n) is 6.53. The maximum absolute atomic E-state index is 13.0. The van der Waals surface area contributed by atoms with E-state index in [9.17, 15) is 23.3 Å². The van der Waals surface area contributed by atoms with Crippen LogP contribution in [0.3, 0.4) is 0 Å². The minimum atomic E-state index is -4.73. The summed E-state index contributed by atoms with van der Waals surface area (Å²) in [5, 5.41) is 11.4. The van der Waals surface area contributed by atoms with Gasteiger partial charge in [0.2, 0.25) is 5.75 Å². The summed E-state index contributed by atoms with van der Waals surface area (Å²) in [6.07, 6.45) is -3.24. The molecule has 0 aliphatic heterocycles. The van der Waals surface area contributed by atoms with Crippen molar-refractivity contribution in [2.75, 3.05) is 6.61 Å². The molecule has 6 nitrogen and oxygen atoms in total. The molecule has 0 atom stereocenters. The number of hydrogen-bond acceptors (Lipinski definition) is 5. The predicted octanol–water partition coefficient (Wildman–Crippen LogP) is 8.08. The van der Waals surface area contributed by atoms with Gasteiger partial charge in [0.25, 0.3) is 0 Å². The molecule has 0 saturated heterocycles. The van der Waals surface area contributed by atoms with E-state index < -0.39 is 22.4 Å². The number of halogens is 5. The van der Waals surface area contributed by atoms with Crippen LogP contribution in [0.5, 0.6) is 17.2 Å². The molecule has 3 aromatic carbocycles. The lowest BCUT2D eigenvalue weighted by Gasteiger charge is -2.13. The Kier molecular flexibility index (Phi) is 7.75.